The van der Waals surface area contributed by atoms with E-state index >= 15 is 0 Å². The minimum Gasteiger partial charge on any atom is -0.477 e. The highest BCUT2D eigenvalue weighted by Crippen LogP contribution is 2.33. The molecule has 0 radical (unpaired) electrons. The van der Waals surface area contributed by atoms with Gasteiger partial charge in [0.1, 0.15) is 11.5 Å². The number of carbonyl (C=O) groups is 2. The van der Waals surface area contributed by atoms with Crippen LogP contribution in [0.15, 0.2) is 24.3 Å². The van der Waals surface area contributed by atoms with Gasteiger partial charge in [-0.2, -0.15) is 4.37 Å². The van der Waals surface area contributed by atoms with Crippen LogP contribution in [0.5, 0.6) is 0 Å². The first-order valence-electron chi connectivity index (χ1n) is 5.25. The number of aromatic nitrogens is 1. The van der Waals surface area contributed by atoms with Gasteiger partial charge in [-0.05, 0) is 35.8 Å². The molecule has 0 unspecified atom stereocenters. The number of nitrogens with one attached hydrogen (secondary N) is 1. The Morgan fingerprint density at radius 3 is 2.47 bits per heavy atom. The van der Waals surface area contributed by atoms with E-state index in [1.807, 2.05) is 0 Å². The van der Waals surface area contributed by atoms with Crippen molar-refractivity contribution in [3.63, 3.8) is 0 Å². The number of benzene rings is 1. The summed E-state index contributed by atoms with van der Waals surface area (Å²) in [5.41, 5.74) is 0.989. The lowest BCUT2D eigenvalue weighted by Crippen LogP contribution is -2.09. The minimum absolute atomic E-state index is 0.0606. The van der Waals surface area contributed by atoms with Gasteiger partial charge in [-0.3, -0.25) is 4.79 Å². The normalized spacial score (nSPS) is 10.2. The monoisotopic (exact) mass is 280 g/mol. The van der Waals surface area contributed by atoms with Crippen molar-refractivity contribution in [2.75, 3.05) is 5.32 Å². The zero-order chi connectivity index (χ0) is 14.0. The topological polar surface area (TPSA) is 79.3 Å². The summed E-state index contributed by atoms with van der Waals surface area (Å²) in [6.45, 7) is 1.28. The zero-order valence-electron chi connectivity index (χ0n) is 9.81. The molecule has 1 aromatic heterocycles. The molecule has 5 nitrogen and oxygen atoms in total. The van der Waals surface area contributed by atoms with Gasteiger partial charge < -0.3 is 10.4 Å². The molecule has 2 rings (SSSR count). The van der Waals surface area contributed by atoms with Gasteiger partial charge in [0.25, 0.3) is 0 Å². The minimum atomic E-state index is -1.17. The first kappa shape index (κ1) is 13.2. The molecule has 98 valence electrons. The van der Waals surface area contributed by atoms with Crippen LogP contribution in [0.25, 0.3) is 11.3 Å². The van der Waals surface area contributed by atoms with E-state index in [-0.39, 0.29) is 10.6 Å². The van der Waals surface area contributed by atoms with Gasteiger partial charge in [0.2, 0.25) is 5.91 Å². The molecular formula is C12H9FN2O3S. The van der Waals surface area contributed by atoms with Crippen LogP contribution in [0.2, 0.25) is 0 Å². The fourth-order valence-electron chi connectivity index (χ4n) is 1.53. The number of aromatic carboxylic acids is 1. The maximum atomic E-state index is 12.9. The summed E-state index contributed by atoms with van der Waals surface area (Å²) >= 11 is 0.767. The second-order valence-corrected chi connectivity index (χ2v) is 4.50. The summed E-state index contributed by atoms with van der Waals surface area (Å²) in [5, 5.41) is 11.5. The maximum Gasteiger partial charge on any atom is 0.349 e. The molecule has 7 heteroatoms. The van der Waals surface area contributed by atoms with Crippen molar-refractivity contribution in [2.45, 2.75) is 6.92 Å². The summed E-state index contributed by atoms with van der Waals surface area (Å²) in [6, 6.07) is 5.43. The highest BCUT2D eigenvalue weighted by molar-refractivity contribution is 7.09. The molecule has 0 saturated carbocycles. The number of nitrogens with zero attached hydrogens (tertiary/aromatic N) is 1. The Hall–Kier alpha value is -2.28. The number of carbonyl (C=O) groups excluding carboxylic acids is 1. The third-order valence-corrected chi connectivity index (χ3v) is 3.14. The van der Waals surface area contributed by atoms with Crippen LogP contribution in [-0.2, 0) is 4.79 Å². The van der Waals surface area contributed by atoms with E-state index in [0.29, 0.717) is 11.3 Å². The van der Waals surface area contributed by atoms with E-state index in [1.54, 1.807) is 0 Å². The van der Waals surface area contributed by atoms with Crippen LogP contribution in [0.1, 0.15) is 16.6 Å². The second kappa shape index (κ2) is 5.15. The van der Waals surface area contributed by atoms with Crippen molar-refractivity contribution in [2.24, 2.45) is 0 Å². The summed E-state index contributed by atoms with van der Waals surface area (Å²) in [6.07, 6.45) is 0. The predicted molar refractivity (Wildman–Crippen MR) is 68.8 cm³/mol. The Labute approximate surface area is 111 Å². The Morgan fingerprint density at radius 2 is 1.95 bits per heavy atom. The smallest absolute Gasteiger partial charge is 0.349 e. The van der Waals surface area contributed by atoms with Crippen LogP contribution < -0.4 is 5.32 Å². The molecular weight excluding hydrogens is 271 g/mol. The van der Waals surface area contributed by atoms with Gasteiger partial charge in [-0.25, -0.2) is 9.18 Å². The molecule has 1 amide bonds. The van der Waals surface area contributed by atoms with E-state index < -0.39 is 17.7 Å². The average Bonchev–Trinajstić information content (AvgIpc) is 2.73. The molecule has 19 heavy (non-hydrogen) atoms. The zero-order valence-corrected chi connectivity index (χ0v) is 10.6. The van der Waals surface area contributed by atoms with Gasteiger partial charge in [0, 0.05) is 12.5 Å². The Morgan fingerprint density at radius 1 is 1.32 bits per heavy atom. The molecule has 0 spiro atoms. The highest BCUT2D eigenvalue weighted by atomic mass is 32.1. The van der Waals surface area contributed by atoms with Gasteiger partial charge in [-0.1, -0.05) is 0 Å². The van der Waals surface area contributed by atoms with Gasteiger partial charge in [0.15, 0.2) is 4.88 Å². The van der Waals surface area contributed by atoms with E-state index in [1.165, 1.54) is 31.2 Å². The molecule has 0 saturated heterocycles. The van der Waals surface area contributed by atoms with Crippen molar-refractivity contribution in [1.82, 2.24) is 4.37 Å². The molecule has 0 aliphatic heterocycles. The number of halogens is 1. The number of hydrogen-bond donors (Lipinski definition) is 2. The van der Waals surface area contributed by atoms with Crippen molar-refractivity contribution in [1.29, 1.82) is 0 Å². The number of carboxylic acid groups (broad SMARTS) is 1. The number of carboxylic acids is 1. The third kappa shape index (κ3) is 2.76. The fourth-order valence-corrected chi connectivity index (χ4v) is 2.23. The van der Waals surface area contributed by atoms with E-state index in [0.717, 1.165) is 11.5 Å². The summed E-state index contributed by atoms with van der Waals surface area (Å²) in [5.74, 6) is -1.97. The van der Waals surface area contributed by atoms with Crippen LogP contribution in [0, 0.1) is 5.82 Å². The quantitative estimate of drug-likeness (QED) is 0.905. The molecule has 1 aromatic carbocycles. The lowest BCUT2D eigenvalue weighted by molar-refractivity contribution is -0.114. The van der Waals surface area contributed by atoms with Gasteiger partial charge >= 0.3 is 5.97 Å². The van der Waals surface area contributed by atoms with Crippen molar-refractivity contribution >= 4 is 29.1 Å². The van der Waals surface area contributed by atoms with E-state index in [9.17, 15) is 14.0 Å². The molecule has 0 fully saturated rings. The molecule has 0 atom stereocenters. The molecule has 0 bridgehead atoms. The van der Waals surface area contributed by atoms with Crippen molar-refractivity contribution in [3.8, 4) is 11.3 Å². The first-order chi connectivity index (χ1) is 8.99. The largest absolute Gasteiger partial charge is 0.477 e. The van der Waals surface area contributed by atoms with Crippen molar-refractivity contribution < 1.29 is 19.1 Å². The highest BCUT2D eigenvalue weighted by Gasteiger charge is 2.21. The van der Waals surface area contributed by atoms with E-state index in [2.05, 4.69) is 9.69 Å². The molecule has 0 aliphatic carbocycles. The number of anilines is 1. The van der Waals surface area contributed by atoms with Crippen molar-refractivity contribution in [3.05, 3.63) is 35.0 Å². The standard InChI is InChI=1S/C12H9FN2O3S/c1-6(16)14-10-9(15-19-11(10)12(17)18)7-2-4-8(13)5-3-7/h2-5H,1H3,(H,14,16)(H,17,18). The Bertz CT molecular complexity index is 637. The molecule has 1 heterocycles. The molecule has 2 aromatic rings. The second-order valence-electron chi connectivity index (χ2n) is 3.73. The Kier molecular flexibility index (Phi) is 3.57. The van der Waals surface area contributed by atoms with Crippen LogP contribution in [-0.4, -0.2) is 21.4 Å². The first-order valence-corrected chi connectivity index (χ1v) is 6.03. The summed E-state index contributed by atoms with van der Waals surface area (Å²) in [7, 11) is 0. The SMILES string of the molecule is CC(=O)Nc1c(-c2ccc(F)cc2)nsc1C(=O)O. The van der Waals surface area contributed by atoms with Crippen LogP contribution >= 0.6 is 11.5 Å². The summed E-state index contributed by atoms with van der Waals surface area (Å²) in [4.78, 5) is 22.1. The average molecular weight is 280 g/mol. The summed E-state index contributed by atoms with van der Waals surface area (Å²) < 4.78 is 16.9. The molecule has 0 aliphatic rings. The van der Waals surface area contributed by atoms with E-state index in [4.69, 9.17) is 5.11 Å². The van der Waals surface area contributed by atoms with Crippen LogP contribution in [0.3, 0.4) is 0 Å². The van der Waals surface area contributed by atoms with Crippen LogP contribution in [0.4, 0.5) is 10.1 Å². The lowest BCUT2D eigenvalue weighted by Gasteiger charge is -2.04. The van der Waals surface area contributed by atoms with Gasteiger partial charge in [-0.15, -0.1) is 0 Å². The predicted octanol–water partition coefficient (Wildman–Crippen LogP) is 2.61. The lowest BCUT2D eigenvalue weighted by atomic mass is 10.1. The fraction of sp³-hybridized carbons (Fsp3) is 0.0833. The number of hydrogen-bond acceptors (Lipinski definition) is 4. The maximum absolute atomic E-state index is 12.9. The molecule has 2 N–H and O–H groups in total. The Balaban J connectivity index is 2.53. The third-order valence-electron chi connectivity index (χ3n) is 2.31. The number of amides is 1. The van der Waals surface area contributed by atoms with Gasteiger partial charge in [0.05, 0.1) is 5.69 Å². The number of rotatable bonds is 3.